The minimum Gasteiger partial charge on any atom is -0.340 e. The van der Waals surface area contributed by atoms with Gasteiger partial charge in [0.15, 0.2) is 0 Å². The van der Waals surface area contributed by atoms with Crippen molar-refractivity contribution in [2.75, 3.05) is 17.7 Å². The first-order valence-electron chi connectivity index (χ1n) is 13.2. The molecule has 3 N–H and O–H groups in total. The molecule has 2 heterocycles. The molecule has 1 aliphatic rings. The summed E-state index contributed by atoms with van der Waals surface area (Å²) in [4.78, 5) is 12.9. The Kier molecular flexibility index (Phi) is 8.63. The number of hydrogen-bond acceptors (Lipinski definition) is 8. The third-order valence-corrected chi connectivity index (χ3v) is 9.04. The zero-order valence-corrected chi connectivity index (χ0v) is 23.0. The van der Waals surface area contributed by atoms with Gasteiger partial charge < -0.3 is 16.0 Å². The molecular weight excluding hydrogens is 529 g/mol. The van der Waals surface area contributed by atoms with Crippen LogP contribution in [0.15, 0.2) is 90.2 Å². The number of aromatic nitrogens is 3. The van der Waals surface area contributed by atoms with E-state index in [-0.39, 0.29) is 16.8 Å². The van der Waals surface area contributed by atoms with Crippen molar-refractivity contribution in [1.29, 1.82) is 0 Å². The van der Waals surface area contributed by atoms with E-state index in [9.17, 15) is 12.8 Å². The van der Waals surface area contributed by atoms with Crippen LogP contribution in [0, 0.1) is 5.82 Å². The van der Waals surface area contributed by atoms with E-state index in [2.05, 4.69) is 30.9 Å². The molecule has 2 aromatic heterocycles. The van der Waals surface area contributed by atoms with Gasteiger partial charge in [-0.1, -0.05) is 0 Å². The first-order chi connectivity index (χ1) is 19.4. The van der Waals surface area contributed by atoms with Gasteiger partial charge in [0.2, 0.25) is 16.0 Å². The van der Waals surface area contributed by atoms with Crippen LogP contribution in [-0.2, 0) is 16.6 Å². The summed E-state index contributed by atoms with van der Waals surface area (Å²) in [5.41, 5.74) is 2.54. The van der Waals surface area contributed by atoms with Gasteiger partial charge in [-0.2, -0.15) is 9.29 Å². The lowest BCUT2D eigenvalue weighted by molar-refractivity contribution is 0.248. The lowest BCUT2D eigenvalue weighted by atomic mass is 9.91. The van der Waals surface area contributed by atoms with Gasteiger partial charge in [0.05, 0.1) is 4.90 Å². The van der Waals surface area contributed by atoms with Gasteiger partial charge >= 0.3 is 0 Å². The van der Waals surface area contributed by atoms with Crippen LogP contribution in [0.3, 0.4) is 0 Å². The average Bonchev–Trinajstić information content (AvgIpc) is 2.98. The van der Waals surface area contributed by atoms with Crippen LogP contribution in [-0.4, -0.2) is 46.8 Å². The van der Waals surface area contributed by atoms with E-state index < -0.39 is 10.0 Å². The highest BCUT2D eigenvalue weighted by Crippen LogP contribution is 2.28. The van der Waals surface area contributed by atoms with Gasteiger partial charge in [-0.05, 0) is 98.0 Å². The van der Waals surface area contributed by atoms with E-state index in [0.717, 1.165) is 32.2 Å². The molecule has 2 aromatic carbocycles. The van der Waals surface area contributed by atoms with Crippen LogP contribution in [0.4, 0.5) is 27.5 Å². The Morgan fingerprint density at radius 1 is 0.850 bits per heavy atom. The summed E-state index contributed by atoms with van der Waals surface area (Å²) in [6.07, 6.45) is 8.64. The molecule has 1 aliphatic carbocycles. The summed E-state index contributed by atoms with van der Waals surface area (Å²) in [6, 6.07) is 18.6. The molecule has 208 valence electrons. The second kappa shape index (κ2) is 12.5. The van der Waals surface area contributed by atoms with E-state index in [1.54, 1.807) is 68.1 Å². The Morgan fingerprint density at radius 3 is 2.20 bits per heavy atom. The Labute approximate surface area is 234 Å². The van der Waals surface area contributed by atoms with Gasteiger partial charge in [0.25, 0.3) is 0 Å². The molecule has 40 heavy (non-hydrogen) atoms. The third-order valence-electron chi connectivity index (χ3n) is 7.11. The fourth-order valence-electron chi connectivity index (χ4n) is 4.78. The average molecular weight is 562 g/mol. The Balaban J connectivity index is 1.15. The van der Waals surface area contributed by atoms with Crippen LogP contribution < -0.4 is 16.0 Å². The maximum absolute atomic E-state index is 13.4. The van der Waals surface area contributed by atoms with E-state index >= 15 is 0 Å². The lowest BCUT2D eigenvalue weighted by Gasteiger charge is -2.34. The highest BCUT2D eigenvalue weighted by atomic mass is 32.2. The van der Waals surface area contributed by atoms with Gasteiger partial charge in [-0.25, -0.2) is 17.8 Å². The molecule has 0 radical (unpaired) electrons. The highest BCUT2D eigenvalue weighted by Gasteiger charge is 2.31. The lowest BCUT2D eigenvalue weighted by Crippen LogP contribution is -2.43. The SMILES string of the molecule is CN(C1CCC(NCc2ccncc2)CC1)S(=O)(=O)c1ccc(Nc2nccc(Nc3ccc(F)cc3)n2)cc1. The van der Waals surface area contributed by atoms with Gasteiger partial charge in [-0.15, -0.1) is 0 Å². The number of sulfonamides is 1. The van der Waals surface area contributed by atoms with E-state index in [0.29, 0.717) is 29.2 Å². The zero-order chi connectivity index (χ0) is 28.0. The molecule has 5 rings (SSSR count). The smallest absolute Gasteiger partial charge is 0.243 e. The molecule has 4 aromatic rings. The molecular formula is C29H32FN7O2S. The summed E-state index contributed by atoms with van der Waals surface area (Å²) < 4.78 is 41.4. The second-order valence-electron chi connectivity index (χ2n) is 9.81. The van der Waals surface area contributed by atoms with Crippen LogP contribution in [0.2, 0.25) is 0 Å². The fraction of sp³-hybridized carbons (Fsp3) is 0.276. The minimum absolute atomic E-state index is 0.0356. The predicted octanol–water partition coefficient (Wildman–Crippen LogP) is 5.22. The Morgan fingerprint density at radius 2 is 1.50 bits per heavy atom. The number of nitrogens with zero attached hydrogens (tertiary/aromatic N) is 4. The number of rotatable bonds is 10. The maximum atomic E-state index is 13.4. The number of nitrogens with one attached hydrogen (secondary N) is 3. The number of pyridine rings is 1. The summed E-state index contributed by atoms with van der Waals surface area (Å²) in [5.74, 6) is 0.561. The minimum atomic E-state index is -3.64. The molecule has 0 atom stereocenters. The number of anilines is 4. The van der Waals surface area contributed by atoms with Gasteiger partial charge in [-0.3, -0.25) is 4.98 Å². The van der Waals surface area contributed by atoms with E-state index in [1.165, 1.54) is 22.0 Å². The van der Waals surface area contributed by atoms with Crippen LogP contribution in [0.25, 0.3) is 0 Å². The fourth-order valence-corrected chi connectivity index (χ4v) is 6.19. The molecule has 1 saturated carbocycles. The van der Waals surface area contributed by atoms with Crippen molar-refractivity contribution in [3.8, 4) is 0 Å². The van der Waals surface area contributed by atoms with Crippen molar-refractivity contribution in [2.24, 2.45) is 0 Å². The molecule has 0 aliphatic heterocycles. The quantitative estimate of drug-likeness (QED) is 0.242. The monoisotopic (exact) mass is 561 g/mol. The van der Waals surface area contributed by atoms with Crippen molar-refractivity contribution < 1.29 is 12.8 Å². The van der Waals surface area contributed by atoms with E-state index in [4.69, 9.17) is 0 Å². The summed E-state index contributed by atoms with van der Waals surface area (Å²) in [6.45, 7) is 0.784. The van der Waals surface area contributed by atoms with Crippen molar-refractivity contribution in [2.45, 2.75) is 49.2 Å². The normalized spacial score (nSPS) is 17.5. The summed E-state index contributed by atoms with van der Waals surface area (Å²) in [7, 11) is -1.96. The molecule has 0 spiro atoms. The molecule has 0 unspecified atom stereocenters. The number of benzene rings is 2. The highest BCUT2D eigenvalue weighted by molar-refractivity contribution is 7.89. The summed E-state index contributed by atoms with van der Waals surface area (Å²) in [5, 5.41) is 9.78. The number of hydrogen-bond donors (Lipinski definition) is 3. The topological polar surface area (TPSA) is 112 Å². The molecule has 0 amide bonds. The molecule has 11 heteroatoms. The first-order valence-corrected chi connectivity index (χ1v) is 14.6. The van der Waals surface area contributed by atoms with Gasteiger partial charge in [0.1, 0.15) is 11.6 Å². The second-order valence-corrected chi connectivity index (χ2v) is 11.8. The van der Waals surface area contributed by atoms with Crippen molar-refractivity contribution >= 4 is 33.2 Å². The predicted molar refractivity (Wildman–Crippen MR) is 154 cm³/mol. The van der Waals surface area contributed by atoms with Gasteiger partial charge in [0, 0.05) is 55.6 Å². The Bertz CT molecular complexity index is 1500. The molecule has 0 bridgehead atoms. The van der Waals surface area contributed by atoms with Crippen molar-refractivity contribution in [3.63, 3.8) is 0 Å². The first kappa shape index (κ1) is 27.6. The van der Waals surface area contributed by atoms with E-state index in [1.807, 2.05) is 12.1 Å². The molecule has 0 saturated heterocycles. The van der Waals surface area contributed by atoms with Crippen LogP contribution in [0.1, 0.15) is 31.2 Å². The van der Waals surface area contributed by atoms with Crippen molar-refractivity contribution in [3.05, 3.63) is 96.7 Å². The van der Waals surface area contributed by atoms with Crippen LogP contribution >= 0.6 is 0 Å². The summed E-state index contributed by atoms with van der Waals surface area (Å²) >= 11 is 0. The molecule has 9 nitrogen and oxygen atoms in total. The van der Waals surface area contributed by atoms with Crippen LogP contribution in [0.5, 0.6) is 0 Å². The Hall–Kier alpha value is -3.93. The standard InChI is InChI=1S/C29H32FN7O2S/c1-37(26-10-6-23(7-11-26)33-20-21-14-17-31-18-15-21)40(38,39)27-12-8-25(9-13-27)35-29-32-19-16-28(36-29)34-24-4-2-22(30)3-5-24/h2-5,8-9,12-19,23,26,33H,6-7,10-11,20H2,1H3,(H2,32,34,35,36). The third kappa shape index (κ3) is 6.98. The van der Waals surface area contributed by atoms with Crippen molar-refractivity contribution in [1.82, 2.24) is 24.6 Å². The maximum Gasteiger partial charge on any atom is 0.243 e. The molecule has 1 fully saturated rings. The largest absolute Gasteiger partial charge is 0.340 e. The zero-order valence-electron chi connectivity index (χ0n) is 22.2. The number of halogens is 1.